The van der Waals surface area contributed by atoms with Crippen molar-refractivity contribution in [1.82, 2.24) is 10.7 Å². The zero-order chi connectivity index (χ0) is 19.2. The van der Waals surface area contributed by atoms with Crippen LogP contribution in [0.25, 0.3) is 0 Å². The zero-order valence-corrected chi connectivity index (χ0v) is 15.5. The summed E-state index contributed by atoms with van der Waals surface area (Å²) < 4.78 is 11.0. The summed E-state index contributed by atoms with van der Waals surface area (Å²) in [6.07, 6.45) is 0.553. The fourth-order valence-electron chi connectivity index (χ4n) is 2.25. The van der Waals surface area contributed by atoms with Crippen molar-refractivity contribution in [3.8, 4) is 11.5 Å². The number of para-hydroxylation sites is 2. The van der Waals surface area contributed by atoms with E-state index in [-0.39, 0.29) is 13.2 Å². The van der Waals surface area contributed by atoms with E-state index >= 15 is 0 Å². The van der Waals surface area contributed by atoms with Gasteiger partial charge in [0.15, 0.2) is 11.5 Å². The molecule has 0 saturated carbocycles. The van der Waals surface area contributed by atoms with Crippen LogP contribution < -0.4 is 20.2 Å². The number of amides is 2. The normalized spacial score (nSPS) is 15.4. The Kier molecular flexibility index (Phi) is 6.16. The molecule has 1 aliphatic rings. The van der Waals surface area contributed by atoms with Crippen molar-refractivity contribution in [3.63, 3.8) is 0 Å². The highest BCUT2D eigenvalue weighted by Crippen LogP contribution is 2.30. The average molecular weight is 408 g/mol. The largest absolute Gasteiger partial charge is 0.485 e. The van der Waals surface area contributed by atoms with Gasteiger partial charge in [0.05, 0.1) is 17.8 Å². The Morgan fingerprint density at radius 1 is 1.19 bits per heavy atom. The third-order valence-corrected chi connectivity index (χ3v) is 4.14. The maximum Gasteiger partial charge on any atom is 0.265 e. The van der Waals surface area contributed by atoms with Crippen LogP contribution in [0.2, 0.25) is 10.0 Å². The number of carbonyl (C=O) groups is 2. The van der Waals surface area contributed by atoms with Crippen LogP contribution in [0.5, 0.6) is 11.5 Å². The number of halogens is 2. The molecule has 140 valence electrons. The van der Waals surface area contributed by atoms with E-state index < -0.39 is 17.9 Å². The van der Waals surface area contributed by atoms with Gasteiger partial charge in [-0.3, -0.25) is 9.59 Å². The highest BCUT2D eigenvalue weighted by atomic mass is 35.5. The van der Waals surface area contributed by atoms with Gasteiger partial charge in [0, 0.05) is 10.6 Å². The second-order valence-corrected chi connectivity index (χ2v) is 6.38. The van der Waals surface area contributed by atoms with Crippen molar-refractivity contribution >= 4 is 41.2 Å². The van der Waals surface area contributed by atoms with Crippen molar-refractivity contribution in [2.24, 2.45) is 5.10 Å². The summed E-state index contributed by atoms with van der Waals surface area (Å²) in [5.74, 6) is 0.110. The molecule has 2 aromatic rings. The number of nitrogens with one attached hydrogen (secondary N) is 2. The van der Waals surface area contributed by atoms with Gasteiger partial charge in [-0.15, -0.1) is 0 Å². The lowest BCUT2D eigenvalue weighted by Gasteiger charge is -2.25. The Hall–Kier alpha value is -2.77. The van der Waals surface area contributed by atoms with Crippen LogP contribution in [0.3, 0.4) is 0 Å². The predicted octanol–water partition coefficient (Wildman–Crippen LogP) is 2.40. The van der Waals surface area contributed by atoms with E-state index in [2.05, 4.69) is 15.8 Å². The molecule has 2 aromatic carbocycles. The van der Waals surface area contributed by atoms with Gasteiger partial charge < -0.3 is 14.8 Å². The minimum absolute atomic E-state index is 0.0671. The summed E-state index contributed by atoms with van der Waals surface area (Å²) in [4.78, 5) is 23.9. The standard InChI is InChI=1S/C18H15Cl2N3O4/c19-12-6-5-11(13(20)7-12)8-22-23-17(24)9-21-18(25)16-10-26-14-3-1-2-4-15(14)27-16/h1-8,16H,9-10H2,(H,21,25)(H,23,24)/t16-/m1/s1. The molecule has 9 heteroatoms. The molecule has 0 bridgehead atoms. The molecule has 0 spiro atoms. The van der Waals surface area contributed by atoms with Crippen LogP contribution >= 0.6 is 23.2 Å². The van der Waals surface area contributed by atoms with Gasteiger partial charge in [-0.1, -0.05) is 41.4 Å². The second kappa shape index (κ2) is 8.75. The van der Waals surface area contributed by atoms with Gasteiger partial charge in [-0.05, 0) is 24.3 Å². The molecule has 2 N–H and O–H groups in total. The van der Waals surface area contributed by atoms with Crippen LogP contribution in [0.4, 0.5) is 0 Å². The number of nitrogens with zero attached hydrogens (tertiary/aromatic N) is 1. The number of hydrogen-bond donors (Lipinski definition) is 2. The maximum atomic E-state index is 12.1. The first-order chi connectivity index (χ1) is 13.0. The smallest absolute Gasteiger partial charge is 0.265 e. The zero-order valence-electron chi connectivity index (χ0n) is 13.9. The summed E-state index contributed by atoms with van der Waals surface area (Å²) in [5, 5.41) is 7.18. The quantitative estimate of drug-likeness (QED) is 0.588. The SMILES string of the molecule is O=C(CNC(=O)[C@H]1COc2ccccc2O1)NN=Cc1ccc(Cl)cc1Cl. The molecule has 1 aliphatic heterocycles. The number of hydrogen-bond acceptors (Lipinski definition) is 5. The summed E-state index contributed by atoms with van der Waals surface area (Å²) >= 11 is 11.8. The predicted molar refractivity (Wildman–Crippen MR) is 102 cm³/mol. The van der Waals surface area contributed by atoms with E-state index in [0.717, 1.165) is 0 Å². The van der Waals surface area contributed by atoms with Crippen LogP contribution in [-0.4, -0.2) is 37.3 Å². The molecule has 0 unspecified atom stereocenters. The topological polar surface area (TPSA) is 89.0 Å². The van der Waals surface area contributed by atoms with Crippen molar-refractivity contribution in [2.45, 2.75) is 6.10 Å². The summed E-state index contributed by atoms with van der Waals surface area (Å²) in [6, 6.07) is 11.9. The monoisotopic (exact) mass is 407 g/mol. The van der Waals surface area contributed by atoms with Gasteiger partial charge in [0.2, 0.25) is 6.10 Å². The molecule has 0 fully saturated rings. The molecule has 0 radical (unpaired) electrons. The van der Waals surface area contributed by atoms with Crippen molar-refractivity contribution in [2.75, 3.05) is 13.2 Å². The van der Waals surface area contributed by atoms with Crippen molar-refractivity contribution in [3.05, 3.63) is 58.1 Å². The third kappa shape index (κ3) is 5.12. The van der Waals surface area contributed by atoms with E-state index in [0.29, 0.717) is 27.1 Å². The molecule has 0 saturated heterocycles. The molecular weight excluding hydrogens is 393 g/mol. The van der Waals surface area contributed by atoms with Crippen LogP contribution in [0.15, 0.2) is 47.6 Å². The molecular formula is C18H15Cl2N3O4. The fourth-order valence-corrected chi connectivity index (χ4v) is 2.71. The van der Waals surface area contributed by atoms with E-state index in [4.69, 9.17) is 32.7 Å². The summed E-state index contributed by atoms with van der Waals surface area (Å²) in [5.41, 5.74) is 2.89. The molecule has 3 rings (SSSR count). The number of hydrazone groups is 1. The van der Waals surface area contributed by atoms with Crippen LogP contribution in [0.1, 0.15) is 5.56 Å². The van der Waals surface area contributed by atoms with E-state index in [1.54, 1.807) is 36.4 Å². The fraction of sp³-hybridized carbons (Fsp3) is 0.167. The first-order valence-corrected chi connectivity index (χ1v) is 8.71. The Morgan fingerprint density at radius 3 is 2.74 bits per heavy atom. The number of benzene rings is 2. The van der Waals surface area contributed by atoms with Gasteiger partial charge in [-0.25, -0.2) is 5.43 Å². The van der Waals surface area contributed by atoms with E-state index in [1.807, 2.05) is 6.07 Å². The van der Waals surface area contributed by atoms with Gasteiger partial charge in [0.1, 0.15) is 6.61 Å². The van der Waals surface area contributed by atoms with Gasteiger partial charge >= 0.3 is 0 Å². The lowest BCUT2D eigenvalue weighted by Crippen LogP contribution is -2.46. The summed E-state index contributed by atoms with van der Waals surface area (Å²) in [6.45, 7) is -0.191. The van der Waals surface area contributed by atoms with Crippen molar-refractivity contribution < 1.29 is 19.1 Å². The number of rotatable bonds is 5. The summed E-state index contributed by atoms with van der Waals surface area (Å²) in [7, 11) is 0. The first-order valence-electron chi connectivity index (χ1n) is 7.96. The van der Waals surface area contributed by atoms with Gasteiger partial charge in [-0.2, -0.15) is 5.10 Å². The van der Waals surface area contributed by atoms with E-state index in [9.17, 15) is 9.59 Å². The van der Waals surface area contributed by atoms with Gasteiger partial charge in [0.25, 0.3) is 11.8 Å². The van der Waals surface area contributed by atoms with Crippen LogP contribution in [0, 0.1) is 0 Å². The molecule has 1 heterocycles. The third-order valence-electron chi connectivity index (χ3n) is 3.58. The molecule has 1 atom stereocenters. The Balaban J connectivity index is 1.45. The van der Waals surface area contributed by atoms with Crippen LogP contribution in [-0.2, 0) is 9.59 Å². The Labute approximate surface area is 165 Å². The number of ether oxygens (including phenoxy) is 2. The number of fused-ring (bicyclic) bond motifs is 1. The van der Waals surface area contributed by atoms with E-state index in [1.165, 1.54) is 6.21 Å². The Morgan fingerprint density at radius 2 is 1.96 bits per heavy atom. The molecule has 2 amide bonds. The highest BCUT2D eigenvalue weighted by molar-refractivity contribution is 6.36. The molecule has 27 heavy (non-hydrogen) atoms. The Bertz CT molecular complexity index is 889. The number of carbonyl (C=O) groups excluding carboxylic acids is 2. The average Bonchev–Trinajstić information content (AvgIpc) is 2.67. The first kappa shape index (κ1) is 19.0. The second-order valence-electron chi connectivity index (χ2n) is 5.54. The maximum absolute atomic E-state index is 12.1. The lowest BCUT2D eigenvalue weighted by molar-refractivity contribution is -0.132. The lowest BCUT2D eigenvalue weighted by atomic mass is 10.2. The minimum Gasteiger partial charge on any atom is -0.485 e. The minimum atomic E-state index is -0.830. The van der Waals surface area contributed by atoms with Crippen molar-refractivity contribution in [1.29, 1.82) is 0 Å². The highest BCUT2D eigenvalue weighted by Gasteiger charge is 2.27. The molecule has 0 aliphatic carbocycles. The molecule has 7 nitrogen and oxygen atoms in total. The molecule has 0 aromatic heterocycles.